The van der Waals surface area contributed by atoms with Crippen LogP contribution >= 0.6 is 0 Å². The molecule has 5 rings (SSSR count). The number of nitrogens with zero attached hydrogens (tertiary/aromatic N) is 1. The van der Waals surface area contributed by atoms with Crippen molar-refractivity contribution in [3.05, 3.63) is 89.7 Å². The van der Waals surface area contributed by atoms with Gasteiger partial charge in [-0.2, -0.15) is 0 Å². The molecular weight excluding hydrogens is 409 g/mol. The van der Waals surface area contributed by atoms with E-state index in [9.17, 15) is 9.18 Å². The maximum Gasteiger partial charge on any atom is 0.287 e. The number of fused-ring (bicyclic) bond motifs is 1. The third-order valence-electron chi connectivity index (χ3n) is 6.08. The number of carbonyl (C=O) groups excluding carboxylic acids is 1. The van der Waals surface area contributed by atoms with E-state index in [-0.39, 0.29) is 11.6 Å². The van der Waals surface area contributed by atoms with E-state index in [2.05, 4.69) is 22.0 Å². The lowest BCUT2D eigenvalue weighted by atomic mass is 9.92. The molecule has 6 nitrogen and oxygen atoms in total. The number of aromatic nitrogens is 1. The number of primary amides is 1. The first-order chi connectivity index (χ1) is 15.6. The number of carbonyl (C=O) groups is 1. The quantitative estimate of drug-likeness (QED) is 0.744. The van der Waals surface area contributed by atoms with E-state index >= 15 is 0 Å². The van der Waals surface area contributed by atoms with Gasteiger partial charge in [0.15, 0.2) is 5.76 Å². The average Bonchev–Trinajstić information content (AvgIpc) is 3.23. The molecule has 1 aliphatic carbocycles. The lowest BCUT2D eigenvalue weighted by Crippen LogP contribution is -2.33. The van der Waals surface area contributed by atoms with Crippen LogP contribution in [0.5, 0.6) is 0 Å². The number of aromatic amines is 1. The second-order valence-electron chi connectivity index (χ2n) is 8.24. The summed E-state index contributed by atoms with van der Waals surface area (Å²) in [6.07, 6.45) is 14.9. The van der Waals surface area contributed by atoms with Gasteiger partial charge in [-0.3, -0.25) is 9.69 Å². The van der Waals surface area contributed by atoms with Crippen molar-refractivity contribution in [2.24, 2.45) is 11.7 Å². The number of allylic oxidation sites excluding steroid dienone is 3. The van der Waals surface area contributed by atoms with Gasteiger partial charge in [-0.1, -0.05) is 24.3 Å². The molecule has 3 heterocycles. The van der Waals surface area contributed by atoms with Crippen LogP contribution in [0, 0.1) is 11.7 Å². The van der Waals surface area contributed by atoms with E-state index in [1.54, 1.807) is 12.1 Å². The predicted molar refractivity (Wildman–Crippen MR) is 120 cm³/mol. The van der Waals surface area contributed by atoms with Crippen LogP contribution < -0.4 is 5.73 Å². The molecule has 0 bridgehead atoms. The first-order valence-corrected chi connectivity index (χ1v) is 10.7. The van der Waals surface area contributed by atoms with Gasteiger partial charge >= 0.3 is 0 Å². The molecular formula is C25H24FN3O3. The van der Waals surface area contributed by atoms with Crippen LogP contribution in [-0.4, -0.2) is 35.4 Å². The fourth-order valence-electron chi connectivity index (χ4n) is 4.42. The summed E-state index contributed by atoms with van der Waals surface area (Å²) in [6.45, 7) is 2.73. The number of ether oxygens (including phenoxy) is 2. The molecule has 2 aromatic rings. The van der Waals surface area contributed by atoms with Gasteiger partial charge in [0.1, 0.15) is 18.3 Å². The standard InChI is InChI=1S/C25H24FN3O3/c26-19-4-5-22-20(11-19)21(12-28-22)17-6-8-29(9-7-17)13-16-2-1-3-18(10-16)23-14-32-24(15-31-23)25(27)30/h1-6,11-12,14-16,28H,7-10,13H2,(H2,27,30). The minimum atomic E-state index is -0.661. The van der Waals surface area contributed by atoms with Crippen LogP contribution in [0.25, 0.3) is 16.5 Å². The van der Waals surface area contributed by atoms with Crippen molar-refractivity contribution in [2.45, 2.75) is 12.8 Å². The Morgan fingerprint density at radius 2 is 2.16 bits per heavy atom. The number of benzene rings is 1. The largest absolute Gasteiger partial charge is 0.457 e. The Morgan fingerprint density at radius 1 is 1.25 bits per heavy atom. The summed E-state index contributed by atoms with van der Waals surface area (Å²) < 4.78 is 24.5. The molecule has 0 spiro atoms. The van der Waals surface area contributed by atoms with Gasteiger partial charge < -0.3 is 20.2 Å². The first-order valence-electron chi connectivity index (χ1n) is 10.7. The van der Waals surface area contributed by atoms with Crippen molar-refractivity contribution in [2.75, 3.05) is 19.6 Å². The van der Waals surface area contributed by atoms with Crippen LogP contribution in [0.4, 0.5) is 4.39 Å². The van der Waals surface area contributed by atoms with Gasteiger partial charge in [0.25, 0.3) is 5.91 Å². The van der Waals surface area contributed by atoms with E-state index in [0.717, 1.165) is 54.5 Å². The van der Waals surface area contributed by atoms with Gasteiger partial charge in [-0.15, -0.1) is 0 Å². The van der Waals surface area contributed by atoms with Crippen LogP contribution in [0.1, 0.15) is 18.4 Å². The van der Waals surface area contributed by atoms with Crippen molar-refractivity contribution in [3.63, 3.8) is 0 Å². The maximum atomic E-state index is 13.7. The SMILES string of the molecule is NC(=O)C1=COC(C2=CC=CC(CN3CC=C(c4c[nH]c5ccc(F)cc45)CC3)C2)=CO1. The van der Waals surface area contributed by atoms with Gasteiger partial charge in [-0.25, -0.2) is 4.39 Å². The number of rotatable bonds is 5. The van der Waals surface area contributed by atoms with Crippen LogP contribution in [-0.2, 0) is 14.3 Å². The monoisotopic (exact) mass is 433 g/mol. The molecule has 1 amide bonds. The minimum absolute atomic E-state index is 0.00824. The van der Waals surface area contributed by atoms with Crippen LogP contribution in [0.3, 0.4) is 0 Å². The molecule has 0 saturated carbocycles. The van der Waals surface area contributed by atoms with E-state index in [0.29, 0.717) is 11.7 Å². The Morgan fingerprint density at radius 3 is 2.91 bits per heavy atom. The third kappa shape index (κ3) is 4.11. The Labute approximate surface area is 185 Å². The summed E-state index contributed by atoms with van der Waals surface area (Å²) >= 11 is 0. The first kappa shape index (κ1) is 20.3. The highest BCUT2D eigenvalue weighted by molar-refractivity contribution is 5.93. The van der Waals surface area contributed by atoms with Gasteiger partial charge in [0.2, 0.25) is 5.76 Å². The summed E-state index contributed by atoms with van der Waals surface area (Å²) in [5, 5.41) is 0.936. The molecule has 0 fully saturated rings. The van der Waals surface area contributed by atoms with Gasteiger partial charge in [0, 0.05) is 42.3 Å². The topological polar surface area (TPSA) is 80.6 Å². The van der Waals surface area contributed by atoms with Crippen molar-refractivity contribution < 1.29 is 18.7 Å². The molecule has 3 N–H and O–H groups in total. The molecule has 3 aliphatic rings. The van der Waals surface area contributed by atoms with Crippen molar-refractivity contribution in [3.8, 4) is 0 Å². The lowest BCUT2D eigenvalue weighted by molar-refractivity contribution is -0.117. The van der Waals surface area contributed by atoms with Gasteiger partial charge in [-0.05, 0) is 48.1 Å². The zero-order chi connectivity index (χ0) is 22.1. The molecule has 164 valence electrons. The highest BCUT2D eigenvalue weighted by Gasteiger charge is 2.23. The van der Waals surface area contributed by atoms with E-state index in [1.807, 2.05) is 18.3 Å². The van der Waals surface area contributed by atoms with Crippen molar-refractivity contribution in [1.82, 2.24) is 9.88 Å². The summed E-state index contributed by atoms with van der Waals surface area (Å²) in [6, 6.07) is 4.86. The molecule has 2 aliphatic heterocycles. The summed E-state index contributed by atoms with van der Waals surface area (Å²) in [5.74, 6) is 0.0557. The maximum absolute atomic E-state index is 13.7. The van der Waals surface area contributed by atoms with E-state index in [1.165, 1.54) is 24.2 Å². The molecule has 1 aromatic heterocycles. The molecule has 0 radical (unpaired) electrons. The highest BCUT2D eigenvalue weighted by atomic mass is 19.1. The molecule has 7 heteroatoms. The van der Waals surface area contributed by atoms with Crippen LogP contribution in [0.15, 0.2) is 78.3 Å². The number of nitrogens with one attached hydrogen (secondary N) is 1. The zero-order valence-corrected chi connectivity index (χ0v) is 17.5. The summed E-state index contributed by atoms with van der Waals surface area (Å²) in [7, 11) is 0. The number of nitrogens with two attached hydrogens (primary N) is 1. The van der Waals surface area contributed by atoms with Crippen LogP contribution in [0.2, 0.25) is 0 Å². The Kier molecular flexibility index (Phi) is 5.41. The number of hydrogen-bond acceptors (Lipinski definition) is 4. The molecule has 1 aromatic carbocycles. The number of amides is 1. The summed E-state index contributed by atoms with van der Waals surface area (Å²) in [5.41, 5.74) is 9.52. The fraction of sp³-hybridized carbons (Fsp3) is 0.240. The third-order valence-corrected chi connectivity index (χ3v) is 6.08. The average molecular weight is 433 g/mol. The number of halogens is 1. The molecule has 1 atom stereocenters. The van der Waals surface area contributed by atoms with Crippen molar-refractivity contribution in [1.29, 1.82) is 0 Å². The number of H-pyrrole nitrogens is 1. The predicted octanol–water partition coefficient (Wildman–Crippen LogP) is 4.11. The van der Waals surface area contributed by atoms with E-state index in [4.69, 9.17) is 15.2 Å². The molecule has 1 unspecified atom stereocenters. The Balaban J connectivity index is 1.20. The molecule has 32 heavy (non-hydrogen) atoms. The normalized spacial score (nSPS) is 21.2. The minimum Gasteiger partial charge on any atom is -0.457 e. The zero-order valence-electron chi connectivity index (χ0n) is 17.5. The molecule has 0 saturated heterocycles. The second-order valence-corrected chi connectivity index (χ2v) is 8.24. The second kappa shape index (κ2) is 8.51. The highest BCUT2D eigenvalue weighted by Crippen LogP contribution is 2.32. The summed E-state index contributed by atoms with van der Waals surface area (Å²) in [4.78, 5) is 16.8. The van der Waals surface area contributed by atoms with E-state index < -0.39 is 5.91 Å². The number of hydrogen-bond donors (Lipinski definition) is 2. The fourth-order valence-corrected chi connectivity index (χ4v) is 4.42. The Bertz CT molecular complexity index is 1220. The Hall–Kier alpha value is -3.58. The van der Waals surface area contributed by atoms with Crippen molar-refractivity contribution >= 4 is 22.4 Å². The van der Waals surface area contributed by atoms with Gasteiger partial charge in [0.05, 0.1) is 0 Å². The smallest absolute Gasteiger partial charge is 0.287 e. The lowest BCUT2D eigenvalue weighted by Gasteiger charge is -2.30.